The number of nitrogens with zero attached hydrogens (tertiary/aromatic N) is 2. The van der Waals surface area contributed by atoms with E-state index in [1.54, 1.807) is 0 Å². The molecule has 1 aromatic heterocycles. The number of phenolic OH excluding ortho intramolecular Hbond substituents is 1. The molecule has 0 unspecified atom stereocenters. The Bertz CT molecular complexity index is 528. The molecule has 7 heteroatoms. The fourth-order valence-corrected chi connectivity index (χ4v) is 1.22. The summed E-state index contributed by atoms with van der Waals surface area (Å²) in [4.78, 5) is 15.3. The van der Waals surface area contributed by atoms with Crippen LogP contribution in [0.3, 0.4) is 0 Å². The number of aromatic nitrogens is 2. The highest BCUT2D eigenvalue weighted by atomic mass is 19.1. The van der Waals surface area contributed by atoms with Crippen LogP contribution in [-0.4, -0.2) is 21.2 Å². The third-order valence-electron chi connectivity index (χ3n) is 2.02. The summed E-state index contributed by atoms with van der Waals surface area (Å²) in [6.45, 7) is 0.0617. The van der Waals surface area contributed by atoms with Crippen LogP contribution in [0.4, 0.5) is 4.39 Å². The summed E-state index contributed by atoms with van der Waals surface area (Å²) in [7, 11) is 0. The fraction of sp³-hybridized carbons (Fsp3) is 0.100. The van der Waals surface area contributed by atoms with E-state index in [4.69, 9.17) is 0 Å². The Hall–Kier alpha value is -2.44. The molecule has 6 nitrogen and oxygen atoms in total. The van der Waals surface area contributed by atoms with Gasteiger partial charge in [-0.15, -0.1) is 0 Å². The van der Waals surface area contributed by atoms with Gasteiger partial charge in [-0.2, -0.15) is 4.98 Å². The highest BCUT2D eigenvalue weighted by molar-refractivity contribution is 5.96. The minimum absolute atomic E-state index is 0.0186. The topological polar surface area (TPSA) is 88.3 Å². The first-order valence-corrected chi connectivity index (χ1v) is 4.69. The number of phenols is 1. The molecule has 1 aromatic carbocycles. The second-order valence-electron chi connectivity index (χ2n) is 3.19. The number of hydrogen-bond donors (Lipinski definition) is 2. The molecule has 0 spiro atoms. The largest absolute Gasteiger partial charge is 0.507 e. The lowest BCUT2D eigenvalue weighted by Crippen LogP contribution is -2.23. The van der Waals surface area contributed by atoms with Crippen LogP contribution in [0.15, 0.2) is 29.1 Å². The van der Waals surface area contributed by atoms with Crippen molar-refractivity contribution in [2.45, 2.75) is 6.54 Å². The number of rotatable bonds is 3. The monoisotopic (exact) mass is 237 g/mol. The van der Waals surface area contributed by atoms with Crippen molar-refractivity contribution >= 4 is 5.91 Å². The zero-order valence-corrected chi connectivity index (χ0v) is 8.55. The van der Waals surface area contributed by atoms with Gasteiger partial charge in [-0.05, 0) is 12.1 Å². The Morgan fingerprint density at radius 1 is 1.53 bits per heavy atom. The van der Waals surface area contributed by atoms with E-state index >= 15 is 0 Å². The molecule has 88 valence electrons. The van der Waals surface area contributed by atoms with Gasteiger partial charge in [0.05, 0.1) is 12.1 Å². The maximum absolute atomic E-state index is 12.7. The van der Waals surface area contributed by atoms with Gasteiger partial charge in [0.1, 0.15) is 11.6 Å². The zero-order chi connectivity index (χ0) is 12.3. The summed E-state index contributed by atoms with van der Waals surface area (Å²) >= 11 is 0. The summed E-state index contributed by atoms with van der Waals surface area (Å²) in [6, 6.07) is 3.14. The van der Waals surface area contributed by atoms with Crippen LogP contribution < -0.4 is 5.32 Å². The molecule has 0 atom stereocenters. The fourth-order valence-electron chi connectivity index (χ4n) is 1.22. The Labute approximate surface area is 95.1 Å². The number of nitrogens with one attached hydrogen (secondary N) is 1. The van der Waals surface area contributed by atoms with Gasteiger partial charge in [-0.1, -0.05) is 5.16 Å². The van der Waals surface area contributed by atoms with E-state index in [1.165, 1.54) is 6.07 Å². The number of carbonyl (C=O) groups excluding carboxylic acids is 1. The number of benzene rings is 1. The molecule has 0 aliphatic carbocycles. The molecule has 2 aromatic rings. The van der Waals surface area contributed by atoms with E-state index in [0.29, 0.717) is 5.82 Å². The molecule has 0 aliphatic heterocycles. The third kappa shape index (κ3) is 2.57. The molecule has 2 N–H and O–H groups in total. The van der Waals surface area contributed by atoms with E-state index in [1.807, 2.05) is 0 Å². The van der Waals surface area contributed by atoms with Crippen molar-refractivity contribution in [1.82, 2.24) is 15.5 Å². The van der Waals surface area contributed by atoms with Gasteiger partial charge in [-0.3, -0.25) is 4.79 Å². The highest BCUT2D eigenvalue weighted by Crippen LogP contribution is 2.17. The van der Waals surface area contributed by atoms with Crippen LogP contribution in [0, 0.1) is 5.82 Å². The first-order chi connectivity index (χ1) is 8.16. The second kappa shape index (κ2) is 4.60. The lowest BCUT2D eigenvalue weighted by atomic mass is 10.2. The molecule has 0 saturated carbocycles. The van der Waals surface area contributed by atoms with Crippen LogP contribution in [0.25, 0.3) is 0 Å². The Morgan fingerprint density at radius 3 is 3.00 bits per heavy atom. The predicted octanol–water partition coefficient (Wildman–Crippen LogP) is 0.844. The second-order valence-corrected chi connectivity index (χ2v) is 3.19. The van der Waals surface area contributed by atoms with Crippen LogP contribution >= 0.6 is 0 Å². The van der Waals surface area contributed by atoms with Crippen LogP contribution in [-0.2, 0) is 6.54 Å². The van der Waals surface area contributed by atoms with Gasteiger partial charge in [0.25, 0.3) is 5.91 Å². The number of carbonyl (C=O) groups is 1. The van der Waals surface area contributed by atoms with Crippen molar-refractivity contribution in [2.24, 2.45) is 0 Å². The van der Waals surface area contributed by atoms with Gasteiger partial charge in [0, 0.05) is 6.07 Å². The molecular weight excluding hydrogens is 229 g/mol. The number of amides is 1. The lowest BCUT2D eigenvalue weighted by molar-refractivity contribution is 0.0947. The minimum atomic E-state index is -0.614. The minimum Gasteiger partial charge on any atom is -0.507 e. The van der Waals surface area contributed by atoms with Crippen molar-refractivity contribution in [2.75, 3.05) is 0 Å². The van der Waals surface area contributed by atoms with E-state index in [9.17, 15) is 14.3 Å². The predicted molar refractivity (Wildman–Crippen MR) is 53.5 cm³/mol. The molecule has 1 amide bonds. The van der Waals surface area contributed by atoms with Crippen LogP contribution in [0.2, 0.25) is 0 Å². The average molecular weight is 237 g/mol. The summed E-state index contributed by atoms with van der Waals surface area (Å²) in [6.07, 6.45) is 1.14. The highest BCUT2D eigenvalue weighted by Gasteiger charge is 2.12. The van der Waals surface area contributed by atoms with E-state index < -0.39 is 17.5 Å². The van der Waals surface area contributed by atoms with Crippen molar-refractivity contribution < 1.29 is 18.8 Å². The lowest BCUT2D eigenvalue weighted by Gasteiger charge is -2.04. The summed E-state index contributed by atoms with van der Waals surface area (Å²) in [5, 5.41) is 15.3. The van der Waals surface area contributed by atoms with Gasteiger partial charge in [0.2, 0.25) is 6.39 Å². The normalized spacial score (nSPS) is 10.2. The maximum Gasteiger partial charge on any atom is 0.255 e. The quantitative estimate of drug-likeness (QED) is 0.825. The zero-order valence-electron chi connectivity index (χ0n) is 8.55. The van der Waals surface area contributed by atoms with Crippen LogP contribution in [0.1, 0.15) is 16.2 Å². The van der Waals surface area contributed by atoms with E-state index in [2.05, 4.69) is 20.0 Å². The first-order valence-electron chi connectivity index (χ1n) is 4.69. The standard InChI is InChI=1S/C10H8FN3O3/c11-6-1-2-7(8(15)3-6)10(16)12-4-9-13-5-17-14-9/h1-3,5,15H,4H2,(H,12,16). The molecule has 0 fully saturated rings. The Morgan fingerprint density at radius 2 is 2.35 bits per heavy atom. The summed E-state index contributed by atoms with van der Waals surface area (Å²) in [5.74, 6) is -1.28. The summed E-state index contributed by atoms with van der Waals surface area (Å²) in [5.41, 5.74) is -0.0186. The Kier molecular flexibility index (Phi) is 2.99. The van der Waals surface area contributed by atoms with E-state index in [0.717, 1.165) is 18.5 Å². The smallest absolute Gasteiger partial charge is 0.255 e. The molecule has 0 aliphatic rings. The number of halogens is 1. The molecule has 0 radical (unpaired) electrons. The van der Waals surface area contributed by atoms with Crippen molar-refractivity contribution in [3.8, 4) is 5.75 Å². The SMILES string of the molecule is O=C(NCc1ncon1)c1ccc(F)cc1O. The van der Waals surface area contributed by atoms with E-state index in [-0.39, 0.29) is 12.1 Å². The molecule has 0 saturated heterocycles. The third-order valence-corrected chi connectivity index (χ3v) is 2.02. The molecular formula is C10H8FN3O3. The van der Waals surface area contributed by atoms with Gasteiger partial charge < -0.3 is 14.9 Å². The van der Waals surface area contributed by atoms with Crippen molar-refractivity contribution in [3.63, 3.8) is 0 Å². The van der Waals surface area contributed by atoms with Crippen molar-refractivity contribution in [3.05, 3.63) is 41.8 Å². The average Bonchev–Trinajstić information content (AvgIpc) is 2.78. The summed E-state index contributed by atoms with van der Waals surface area (Å²) < 4.78 is 17.2. The molecule has 17 heavy (non-hydrogen) atoms. The van der Waals surface area contributed by atoms with Crippen LogP contribution in [0.5, 0.6) is 5.75 Å². The number of hydrogen-bond acceptors (Lipinski definition) is 5. The van der Waals surface area contributed by atoms with Gasteiger partial charge in [0.15, 0.2) is 5.82 Å². The van der Waals surface area contributed by atoms with Gasteiger partial charge in [-0.25, -0.2) is 4.39 Å². The number of aromatic hydroxyl groups is 1. The Balaban J connectivity index is 2.04. The van der Waals surface area contributed by atoms with Gasteiger partial charge >= 0.3 is 0 Å². The van der Waals surface area contributed by atoms with Crippen molar-refractivity contribution in [1.29, 1.82) is 0 Å². The molecule has 0 bridgehead atoms. The molecule has 2 rings (SSSR count). The molecule has 1 heterocycles. The first kappa shape index (κ1) is 11.1. The maximum atomic E-state index is 12.7.